The molecule has 178 valence electrons. The summed E-state index contributed by atoms with van der Waals surface area (Å²) in [5.74, 6) is -2.37. The van der Waals surface area contributed by atoms with Crippen molar-refractivity contribution in [2.45, 2.75) is 25.7 Å². The molecule has 0 fully saturated rings. The number of carboxylic acids is 2. The summed E-state index contributed by atoms with van der Waals surface area (Å²) in [6, 6.07) is 6.63. The van der Waals surface area contributed by atoms with E-state index in [0.29, 0.717) is 37.9 Å². The number of aliphatic hydroxyl groups excluding tert-OH is 2. The van der Waals surface area contributed by atoms with Gasteiger partial charge in [-0.15, -0.1) is 0 Å². The topological polar surface area (TPSA) is 233 Å². The highest BCUT2D eigenvalue weighted by molar-refractivity contribution is 5.89. The smallest absolute Gasteiger partial charge is 0.352 e. The minimum atomic E-state index is -1.37. The molecule has 1 heterocycles. The minimum Gasteiger partial charge on any atom is -0.478 e. The predicted molar refractivity (Wildman–Crippen MR) is 117 cm³/mol. The molecule has 0 saturated heterocycles. The van der Waals surface area contributed by atoms with Gasteiger partial charge < -0.3 is 36.9 Å². The average molecular weight is 454 g/mol. The molecule has 2 rings (SSSR count). The number of carbonyl (C=O) groups is 2. The zero-order valence-corrected chi connectivity index (χ0v) is 17.5. The summed E-state index contributed by atoms with van der Waals surface area (Å²) in [7, 11) is 0. The van der Waals surface area contributed by atoms with Gasteiger partial charge in [-0.1, -0.05) is 18.2 Å². The summed E-state index contributed by atoms with van der Waals surface area (Å²) >= 11 is 0. The van der Waals surface area contributed by atoms with Gasteiger partial charge in [0.1, 0.15) is 5.69 Å². The molecule has 0 amide bonds. The first-order valence-corrected chi connectivity index (χ1v) is 9.75. The van der Waals surface area contributed by atoms with E-state index in [9.17, 15) is 19.2 Å². The van der Waals surface area contributed by atoms with Crippen molar-refractivity contribution < 1.29 is 30.0 Å². The van der Waals surface area contributed by atoms with Gasteiger partial charge in [0.05, 0.1) is 18.8 Å². The van der Waals surface area contributed by atoms with Crippen molar-refractivity contribution in [3.05, 3.63) is 67.5 Å². The number of hydrogen-bond donors (Lipinski definition) is 8. The van der Waals surface area contributed by atoms with Gasteiger partial charge in [0.2, 0.25) is 0 Å². The van der Waals surface area contributed by atoms with E-state index >= 15 is 0 Å². The third-order valence-corrected chi connectivity index (χ3v) is 3.88. The van der Waals surface area contributed by atoms with Crippen LogP contribution < -0.4 is 22.7 Å². The molecule has 10 N–H and O–H groups in total. The molecule has 12 nitrogen and oxygen atoms in total. The summed E-state index contributed by atoms with van der Waals surface area (Å²) in [6.07, 6.45) is 1.71. The van der Waals surface area contributed by atoms with E-state index < -0.39 is 28.9 Å². The van der Waals surface area contributed by atoms with E-state index in [-0.39, 0.29) is 30.8 Å². The third-order valence-electron chi connectivity index (χ3n) is 3.88. The number of aromatic nitrogens is 2. The number of H-pyrrole nitrogens is 2. The first-order valence-electron chi connectivity index (χ1n) is 9.75. The van der Waals surface area contributed by atoms with Gasteiger partial charge in [-0.3, -0.25) is 9.78 Å². The van der Waals surface area contributed by atoms with Gasteiger partial charge in [-0.05, 0) is 37.3 Å². The fraction of sp³-hybridized carbons (Fsp3) is 0.400. The van der Waals surface area contributed by atoms with E-state index in [2.05, 4.69) is 4.98 Å². The van der Waals surface area contributed by atoms with Crippen molar-refractivity contribution in [3.63, 3.8) is 0 Å². The molecule has 32 heavy (non-hydrogen) atoms. The van der Waals surface area contributed by atoms with E-state index in [1.54, 1.807) is 18.2 Å². The van der Waals surface area contributed by atoms with Crippen LogP contribution in [0.2, 0.25) is 0 Å². The van der Waals surface area contributed by atoms with Gasteiger partial charge in [0, 0.05) is 18.7 Å². The number of aliphatic hydroxyl groups is 2. The summed E-state index contributed by atoms with van der Waals surface area (Å²) in [4.78, 5) is 49.3. The molecule has 0 unspecified atom stereocenters. The van der Waals surface area contributed by atoms with Crippen molar-refractivity contribution in [2.75, 3.05) is 26.3 Å². The highest BCUT2D eigenvalue weighted by Crippen LogP contribution is 2.13. The summed E-state index contributed by atoms with van der Waals surface area (Å²) in [5, 5.41) is 33.7. The van der Waals surface area contributed by atoms with Crippen molar-refractivity contribution in [1.82, 2.24) is 9.97 Å². The zero-order chi connectivity index (χ0) is 24.5. The number of nitrogens with two attached hydrogens (primary N) is 2. The predicted octanol–water partition coefficient (Wildman–Crippen LogP) is -1.10. The lowest BCUT2D eigenvalue weighted by Crippen LogP contribution is -2.30. The molecular formula is C20H30N4O8. The van der Waals surface area contributed by atoms with Gasteiger partial charge in [0.25, 0.3) is 5.56 Å². The lowest BCUT2D eigenvalue weighted by atomic mass is 10.00. The Morgan fingerprint density at radius 2 is 1.38 bits per heavy atom. The lowest BCUT2D eigenvalue weighted by molar-refractivity contribution is 0.0680. The van der Waals surface area contributed by atoms with Crippen molar-refractivity contribution >= 4 is 11.9 Å². The van der Waals surface area contributed by atoms with Gasteiger partial charge in [-0.25, -0.2) is 14.4 Å². The number of aryl methyl sites for hydroxylation is 1. The van der Waals surface area contributed by atoms with Crippen LogP contribution in [0.25, 0.3) is 0 Å². The Labute approximate surface area is 183 Å². The Balaban J connectivity index is 0.00000104. The van der Waals surface area contributed by atoms with E-state index in [1.807, 2.05) is 4.98 Å². The third kappa shape index (κ3) is 10.6. The van der Waals surface area contributed by atoms with Crippen molar-refractivity contribution in [2.24, 2.45) is 11.5 Å². The molecule has 0 aliphatic heterocycles. The van der Waals surface area contributed by atoms with Gasteiger partial charge in [0.15, 0.2) is 0 Å². The van der Waals surface area contributed by atoms with E-state index in [4.69, 9.17) is 31.9 Å². The number of rotatable bonds is 9. The highest BCUT2D eigenvalue weighted by atomic mass is 16.4. The van der Waals surface area contributed by atoms with Crippen molar-refractivity contribution in [3.8, 4) is 0 Å². The van der Waals surface area contributed by atoms with Gasteiger partial charge >= 0.3 is 17.6 Å². The molecule has 12 heteroatoms. The molecule has 0 atom stereocenters. The average Bonchev–Trinajstić information content (AvgIpc) is 2.77. The summed E-state index contributed by atoms with van der Waals surface area (Å²) < 4.78 is 0. The number of aromatic amines is 2. The number of carboxylic acid groups (broad SMARTS) is 2. The summed E-state index contributed by atoms with van der Waals surface area (Å²) in [6.45, 7) is 0.944. The number of aromatic carboxylic acids is 2. The molecule has 0 saturated carbocycles. The van der Waals surface area contributed by atoms with Crippen LogP contribution in [0.3, 0.4) is 0 Å². The summed E-state index contributed by atoms with van der Waals surface area (Å²) in [5.41, 5.74) is 8.48. The van der Waals surface area contributed by atoms with E-state index in [1.165, 1.54) is 6.07 Å². The van der Waals surface area contributed by atoms with Crippen LogP contribution in [0.15, 0.2) is 33.9 Å². The quantitative estimate of drug-likeness (QED) is 0.213. The van der Waals surface area contributed by atoms with Crippen LogP contribution >= 0.6 is 0 Å². The van der Waals surface area contributed by atoms with Crippen LogP contribution in [0.4, 0.5) is 0 Å². The van der Waals surface area contributed by atoms with Crippen LogP contribution in [0.5, 0.6) is 0 Å². The second-order valence-electron chi connectivity index (χ2n) is 6.26. The molecule has 0 bridgehead atoms. The Hall–Kier alpha value is -3.32. The largest absolute Gasteiger partial charge is 0.478 e. The fourth-order valence-electron chi connectivity index (χ4n) is 2.50. The zero-order valence-electron chi connectivity index (χ0n) is 17.5. The Morgan fingerprint density at radius 1 is 0.844 bits per heavy atom. The maximum atomic E-state index is 11.8. The first-order chi connectivity index (χ1) is 15.2. The minimum absolute atomic E-state index is 0.00798. The number of unbranched alkanes of at least 4 members (excludes halogenated alkanes) is 1. The Morgan fingerprint density at radius 3 is 1.88 bits per heavy atom. The van der Waals surface area contributed by atoms with Crippen molar-refractivity contribution in [1.29, 1.82) is 0 Å². The molecule has 1 aromatic carbocycles. The molecular weight excluding hydrogens is 424 g/mol. The SMILES string of the molecule is NCCO.NCCO.O=C(O)c1ccccc1CCCCc1c(C(=O)O)[nH]c(=O)[nH]c1=O. The fourth-order valence-corrected chi connectivity index (χ4v) is 2.50. The van der Waals surface area contributed by atoms with E-state index in [0.717, 1.165) is 0 Å². The molecule has 1 aromatic heterocycles. The van der Waals surface area contributed by atoms with Crippen LogP contribution in [-0.2, 0) is 12.8 Å². The highest BCUT2D eigenvalue weighted by Gasteiger charge is 2.15. The number of benzene rings is 1. The first kappa shape index (κ1) is 28.7. The molecule has 0 radical (unpaired) electrons. The number of nitrogens with one attached hydrogen (secondary N) is 2. The standard InChI is InChI=1S/C16H16N2O6.2C2H7NO/c19-13-11(12(15(22)23)17-16(24)18-13)8-4-2-6-9-5-1-3-7-10(9)14(20)21;2*3-1-2-4/h1,3,5,7H,2,4,6,8H2,(H,20,21)(H,22,23)(H2,17,18,19,24);2*4H,1-3H2. The molecule has 2 aromatic rings. The molecule has 0 spiro atoms. The number of hydrogen-bond acceptors (Lipinski definition) is 8. The normalized spacial score (nSPS) is 9.75. The second kappa shape index (κ2) is 16.4. The second-order valence-corrected chi connectivity index (χ2v) is 6.26. The monoisotopic (exact) mass is 454 g/mol. The van der Waals surface area contributed by atoms with Crippen LogP contribution in [0, 0.1) is 0 Å². The lowest BCUT2D eigenvalue weighted by Gasteiger charge is -2.07. The Bertz CT molecular complexity index is 947. The Kier molecular flexibility index (Phi) is 14.7. The molecule has 0 aliphatic rings. The maximum absolute atomic E-state index is 11.8. The van der Waals surface area contributed by atoms with Crippen LogP contribution in [-0.4, -0.2) is 68.6 Å². The molecule has 0 aliphatic carbocycles. The maximum Gasteiger partial charge on any atom is 0.352 e. The van der Waals surface area contributed by atoms with Crippen LogP contribution in [0.1, 0.15) is 44.8 Å². The van der Waals surface area contributed by atoms with Gasteiger partial charge in [-0.2, -0.15) is 0 Å².